The molecule has 0 saturated heterocycles. The van der Waals surface area contributed by atoms with Gasteiger partial charge in [-0.25, -0.2) is 4.79 Å². The number of carbonyl (C=O) groups excluding carboxylic acids is 2. The van der Waals surface area contributed by atoms with Crippen LogP contribution in [0.2, 0.25) is 0 Å². The second-order valence-electron chi connectivity index (χ2n) is 4.28. The summed E-state index contributed by atoms with van der Waals surface area (Å²) in [5, 5.41) is 6.31. The Morgan fingerprint density at radius 1 is 1.05 bits per heavy atom. The highest BCUT2D eigenvalue weighted by atomic mass is 16.7. The van der Waals surface area contributed by atoms with Gasteiger partial charge in [0.05, 0.1) is 11.8 Å². The zero-order chi connectivity index (χ0) is 15.1. The number of anilines is 1. The zero-order valence-electron chi connectivity index (χ0n) is 11.4. The molecule has 5 heteroatoms. The SMILES string of the molecule is CC(=O)Nc1ccc(C=NOC(=O)c2ccccc2)cc1. The van der Waals surface area contributed by atoms with Crippen molar-refractivity contribution in [2.45, 2.75) is 6.92 Å². The van der Waals surface area contributed by atoms with Crippen LogP contribution in [0, 0.1) is 0 Å². The maximum absolute atomic E-state index is 11.6. The molecule has 0 aliphatic heterocycles. The topological polar surface area (TPSA) is 67.8 Å². The summed E-state index contributed by atoms with van der Waals surface area (Å²) in [6.07, 6.45) is 1.43. The summed E-state index contributed by atoms with van der Waals surface area (Å²) in [5.74, 6) is -0.644. The molecule has 2 aromatic carbocycles. The minimum Gasteiger partial charge on any atom is -0.326 e. The first-order valence-corrected chi connectivity index (χ1v) is 6.32. The molecule has 0 fully saturated rings. The van der Waals surface area contributed by atoms with Crippen molar-refractivity contribution in [2.75, 3.05) is 5.32 Å². The van der Waals surface area contributed by atoms with Crippen molar-refractivity contribution >= 4 is 23.8 Å². The van der Waals surface area contributed by atoms with Crippen LogP contribution in [-0.2, 0) is 9.63 Å². The largest absolute Gasteiger partial charge is 0.365 e. The van der Waals surface area contributed by atoms with Gasteiger partial charge in [-0.3, -0.25) is 4.79 Å². The standard InChI is InChI=1S/C16H14N2O3/c1-12(19)18-15-9-7-13(8-10-15)11-17-21-16(20)14-5-3-2-4-6-14/h2-11H,1H3,(H,18,19). The summed E-state index contributed by atoms with van der Waals surface area (Å²) in [6, 6.07) is 15.6. The molecule has 0 unspecified atom stereocenters. The predicted molar refractivity (Wildman–Crippen MR) is 80.2 cm³/mol. The van der Waals surface area contributed by atoms with Crippen molar-refractivity contribution in [1.29, 1.82) is 0 Å². The van der Waals surface area contributed by atoms with Gasteiger partial charge in [-0.1, -0.05) is 35.5 Å². The average molecular weight is 282 g/mol. The Balaban J connectivity index is 1.92. The van der Waals surface area contributed by atoms with Crippen molar-refractivity contribution in [2.24, 2.45) is 5.16 Å². The molecule has 0 atom stereocenters. The van der Waals surface area contributed by atoms with E-state index in [1.807, 2.05) is 6.07 Å². The summed E-state index contributed by atoms with van der Waals surface area (Å²) in [5.41, 5.74) is 1.89. The Hall–Kier alpha value is -2.95. The number of carbonyl (C=O) groups is 2. The molecule has 1 N–H and O–H groups in total. The summed E-state index contributed by atoms with van der Waals surface area (Å²) >= 11 is 0. The maximum Gasteiger partial charge on any atom is 0.365 e. The molecule has 2 aromatic rings. The lowest BCUT2D eigenvalue weighted by Crippen LogP contribution is -2.05. The lowest BCUT2D eigenvalue weighted by atomic mass is 10.2. The van der Waals surface area contributed by atoms with Gasteiger partial charge in [-0.05, 0) is 29.8 Å². The van der Waals surface area contributed by atoms with Crippen LogP contribution in [0.5, 0.6) is 0 Å². The molecule has 0 bridgehead atoms. The molecule has 2 rings (SSSR count). The molecule has 0 saturated carbocycles. The fourth-order valence-electron chi connectivity index (χ4n) is 1.62. The van der Waals surface area contributed by atoms with Crippen LogP contribution in [0.4, 0.5) is 5.69 Å². The molecular weight excluding hydrogens is 268 g/mol. The van der Waals surface area contributed by atoms with E-state index in [9.17, 15) is 9.59 Å². The van der Waals surface area contributed by atoms with Gasteiger partial charge >= 0.3 is 5.97 Å². The van der Waals surface area contributed by atoms with Gasteiger partial charge in [0.2, 0.25) is 5.91 Å². The van der Waals surface area contributed by atoms with Crippen LogP contribution in [0.3, 0.4) is 0 Å². The van der Waals surface area contributed by atoms with E-state index in [1.54, 1.807) is 48.5 Å². The maximum atomic E-state index is 11.6. The second-order valence-corrected chi connectivity index (χ2v) is 4.28. The van der Waals surface area contributed by atoms with Gasteiger partial charge in [-0.2, -0.15) is 0 Å². The molecule has 0 aromatic heterocycles. The zero-order valence-corrected chi connectivity index (χ0v) is 11.4. The van der Waals surface area contributed by atoms with Crippen LogP contribution < -0.4 is 5.32 Å². The highest BCUT2D eigenvalue weighted by Gasteiger charge is 2.04. The molecule has 0 spiro atoms. The molecule has 106 valence electrons. The van der Waals surface area contributed by atoms with Crippen molar-refractivity contribution in [3.8, 4) is 0 Å². The third-order valence-electron chi connectivity index (χ3n) is 2.58. The minimum absolute atomic E-state index is 0.131. The van der Waals surface area contributed by atoms with Crippen LogP contribution in [0.15, 0.2) is 59.8 Å². The van der Waals surface area contributed by atoms with E-state index in [2.05, 4.69) is 10.5 Å². The van der Waals surface area contributed by atoms with E-state index in [1.165, 1.54) is 13.1 Å². The van der Waals surface area contributed by atoms with Crippen molar-refractivity contribution in [1.82, 2.24) is 0 Å². The van der Waals surface area contributed by atoms with E-state index in [0.29, 0.717) is 11.3 Å². The Bertz CT molecular complexity index is 649. The third-order valence-corrected chi connectivity index (χ3v) is 2.58. The number of hydrogen-bond donors (Lipinski definition) is 1. The summed E-state index contributed by atoms with van der Waals surface area (Å²) in [4.78, 5) is 27.3. The summed E-state index contributed by atoms with van der Waals surface area (Å²) < 4.78 is 0. The molecule has 0 aliphatic carbocycles. The first kappa shape index (κ1) is 14.5. The first-order valence-electron chi connectivity index (χ1n) is 6.32. The Morgan fingerprint density at radius 3 is 2.33 bits per heavy atom. The second kappa shape index (κ2) is 7.00. The number of nitrogens with one attached hydrogen (secondary N) is 1. The number of benzene rings is 2. The number of amides is 1. The van der Waals surface area contributed by atoms with Crippen LogP contribution in [-0.4, -0.2) is 18.1 Å². The normalized spacial score (nSPS) is 10.3. The van der Waals surface area contributed by atoms with Gasteiger partial charge in [0.15, 0.2) is 0 Å². The summed E-state index contributed by atoms with van der Waals surface area (Å²) in [6.45, 7) is 1.44. The molecule has 0 radical (unpaired) electrons. The van der Waals surface area contributed by atoms with Gasteiger partial charge in [0.1, 0.15) is 0 Å². The molecule has 5 nitrogen and oxygen atoms in total. The Morgan fingerprint density at radius 2 is 1.71 bits per heavy atom. The minimum atomic E-state index is -0.512. The number of rotatable bonds is 4. The fourth-order valence-corrected chi connectivity index (χ4v) is 1.62. The monoisotopic (exact) mass is 282 g/mol. The Kier molecular flexibility index (Phi) is 4.82. The quantitative estimate of drug-likeness (QED) is 0.532. The highest BCUT2D eigenvalue weighted by Crippen LogP contribution is 2.08. The fraction of sp³-hybridized carbons (Fsp3) is 0.0625. The molecule has 1 amide bonds. The average Bonchev–Trinajstić information content (AvgIpc) is 2.49. The number of hydrogen-bond acceptors (Lipinski definition) is 4. The summed E-state index contributed by atoms with van der Waals surface area (Å²) in [7, 11) is 0. The van der Waals surface area contributed by atoms with Gasteiger partial charge in [-0.15, -0.1) is 0 Å². The third kappa shape index (κ3) is 4.58. The van der Waals surface area contributed by atoms with Crippen LogP contribution in [0.25, 0.3) is 0 Å². The van der Waals surface area contributed by atoms with E-state index in [0.717, 1.165) is 5.56 Å². The molecule has 21 heavy (non-hydrogen) atoms. The van der Waals surface area contributed by atoms with E-state index in [4.69, 9.17) is 4.84 Å². The van der Waals surface area contributed by atoms with E-state index < -0.39 is 5.97 Å². The lowest BCUT2D eigenvalue weighted by molar-refractivity contribution is -0.114. The van der Waals surface area contributed by atoms with E-state index >= 15 is 0 Å². The van der Waals surface area contributed by atoms with Crippen molar-refractivity contribution in [3.05, 3.63) is 65.7 Å². The number of oxime groups is 1. The molecular formula is C16H14N2O3. The molecule has 0 aliphatic rings. The Labute approximate surface area is 122 Å². The number of nitrogens with zero attached hydrogens (tertiary/aromatic N) is 1. The first-order chi connectivity index (χ1) is 10.1. The van der Waals surface area contributed by atoms with Crippen molar-refractivity contribution < 1.29 is 14.4 Å². The van der Waals surface area contributed by atoms with Crippen molar-refractivity contribution in [3.63, 3.8) is 0 Å². The van der Waals surface area contributed by atoms with Crippen LogP contribution in [0.1, 0.15) is 22.8 Å². The van der Waals surface area contributed by atoms with E-state index in [-0.39, 0.29) is 5.91 Å². The van der Waals surface area contributed by atoms with Gasteiger partial charge < -0.3 is 10.2 Å². The van der Waals surface area contributed by atoms with Gasteiger partial charge in [0, 0.05) is 12.6 Å². The van der Waals surface area contributed by atoms with Gasteiger partial charge in [0.25, 0.3) is 0 Å². The molecule has 0 heterocycles. The smallest absolute Gasteiger partial charge is 0.326 e. The lowest BCUT2D eigenvalue weighted by Gasteiger charge is -2.01. The predicted octanol–water partition coefficient (Wildman–Crippen LogP) is 2.84. The highest BCUT2D eigenvalue weighted by molar-refractivity contribution is 5.91. The van der Waals surface area contributed by atoms with Crippen LogP contribution >= 0.6 is 0 Å².